The van der Waals surface area contributed by atoms with Crippen LogP contribution < -0.4 is 11.5 Å². The Balaban J connectivity index is 1.58. The molecule has 0 aromatic rings. The zero-order valence-corrected chi connectivity index (χ0v) is 11.0. The van der Waals surface area contributed by atoms with E-state index in [1.54, 1.807) is 0 Å². The van der Waals surface area contributed by atoms with Crippen molar-refractivity contribution in [3.05, 3.63) is 0 Å². The summed E-state index contributed by atoms with van der Waals surface area (Å²) in [5, 5.41) is 0. The number of nitrogens with two attached hydrogens (primary N) is 2. The van der Waals surface area contributed by atoms with Gasteiger partial charge in [0, 0.05) is 0 Å². The number of hydrogen-bond donors (Lipinski definition) is 2. The fourth-order valence-corrected chi connectivity index (χ4v) is 6.50. The molecule has 0 aliphatic heterocycles. The first-order valence-corrected chi connectivity index (χ1v) is 7.65. The third kappa shape index (κ3) is 1.14. The molecule has 5 unspecified atom stereocenters. The second kappa shape index (κ2) is 3.08. The summed E-state index contributed by atoms with van der Waals surface area (Å²) < 4.78 is 0. The van der Waals surface area contributed by atoms with Crippen LogP contribution in [0.5, 0.6) is 0 Å². The molecule has 4 aliphatic rings. The Morgan fingerprint density at radius 1 is 0.941 bits per heavy atom. The van der Waals surface area contributed by atoms with E-state index in [1.807, 2.05) is 0 Å². The first-order valence-electron chi connectivity index (χ1n) is 7.65. The van der Waals surface area contributed by atoms with E-state index in [0.717, 1.165) is 47.8 Å². The first kappa shape index (κ1) is 10.8. The van der Waals surface area contributed by atoms with E-state index in [9.17, 15) is 0 Å². The molecule has 0 heterocycles. The van der Waals surface area contributed by atoms with Gasteiger partial charge in [0.25, 0.3) is 0 Å². The summed E-state index contributed by atoms with van der Waals surface area (Å²) in [6.07, 6.45) is 9.48. The van der Waals surface area contributed by atoms with Gasteiger partial charge in [-0.2, -0.15) is 0 Å². The molecule has 0 saturated heterocycles. The molecule has 17 heavy (non-hydrogen) atoms. The van der Waals surface area contributed by atoms with Crippen LogP contribution in [-0.2, 0) is 0 Å². The second-order valence-corrected chi connectivity index (χ2v) is 7.53. The summed E-state index contributed by atoms with van der Waals surface area (Å²) >= 11 is 0. The number of hydrogen-bond acceptors (Lipinski definition) is 2. The Labute approximate surface area is 105 Å². The molecule has 96 valence electrons. The minimum Gasteiger partial charge on any atom is -0.313 e. The molecule has 5 atom stereocenters. The molecule has 4 saturated carbocycles. The Kier molecular flexibility index (Phi) is 1.96. The van der Waals surface area contributed by atoms with E-state index in [1.165, 1.54) is 32.1 Å². The standard InChI is InChI=1S/C15H26N2/c1-9-10-8-14(16,17)7-6-11(10)15(9)12-4-2-3-5-13(12)15/h9-13H,2-8,16-17H2,1H3. The van der Waals surface area contributed by atoms with Crippen molar-refractivity contribution in [3.8, 4) is 0 Å². The van der Waals surface area contributed by atoms with Crippen molar-refractivity contribution in [2.24, 2.45) is 46.5 Å². The normalized spacial score (nSPS) is 59.1. The van der Waals surface area contributed by atoms with Crippen LogP contribution in [0.25, 0.3) is 0 Å². The molecule has 0 amide bonds. The lowest BCUT2D eigenvalue weighted by atomic mass is 9.47. The zero-order valence-electron chi connectivity index (χ0n) is 11.0. The minimum atomic E-state index is -0.350. The smallest absolute Gasteiger partial charge is 0.0639 e. The molecule has 4 rings (SSSR count). The molecular formula is C15H26N2. The minimum absolute atomic E-state index is 0.350. The van der Waals surface area contributed by atoms with E-state index in [2.05, 4.69) is 6.92 Å². The van der Waals surface area contributed by atoms with Gasteiger partial charge in [0.05, 0.1) is 5.66 Å². The summed E-state index contributed by atoms with van der Waals surface area (Å²) in [6, 6.07) is 0. The van der Waals surface area contributed by atoms with Crippen LogP contribution in [0.2, 0.25) is 0 Å². The summed E-state index contributed by atoms with van der Waals surface area (Å²) in [6.45, 7) is 2.50. The fraction of sp³-hybridized carbons (Fsp3) is 1.00. The molecule has 4 aliphatic carbocycles. The lowest BCUT2D eigenvalue weighted by molar-refractivity contribution is -0.101. The molecule has 0 aromatic carbocycles. The molecule has 4 N–H and O–H groups in total. The second-order valence-electron chi connectivity index (χ2n) is 7.53. The topological polar surface area (TPSA) is 52.0 Å². The highest BCUT2D eigenvalue weighted by molar-refractivity contribution is 5.25. The van der Waals surface area contributed by atoms with Crippen LogP contribution in [-0.4, -0.2) is 5.66 Å². The predicted molar refractivity (Wildman–Crippen MR) is 69.0 cm³/mol. The maximum Gasteiger partial charge on any atom is 0.0639 e. The fourth-order valence-electron chi connectivity index (χ4n) is 6.50. The molecule has 2 heteroatoms. The summed E-state index contributed by atoms with van der Waals surface area (Å²) in [4.78, 5) is 0. The quantitative estimate of drug-likeness (QED) is 0.633. The molecule has 4 fully saturated rings. The van der Waals surface area contributed by atoms with Crippen molar-refractivity contribution in [2.45, 2.75) is 57.5 Å². The van der Waals surface area contributed by atoms with E-state index in [0.29, 0.717) is 0 Å². The van der Waals surface area contributed by atoms with Crippen molar-refractivity contribution in [1.29, 1.82) is 0 Å². The molecule has 0 radical (unpaired) electrons. The number of fused-ring (bicyclic) bond motifs is 5. The Morgan fingerprint density at radius 2 is 1.59 bits per heavy atom. The van der Waals surface area contributed by atoms with Crippen LogP contribution in [0, 0.1) is 35.0 Å². The van der Waals surface area contributed by atoms with Crippen molar-refractivity contribution in [1.82, 2.24) is 0 Å². The molecule has 2 nitrogen and oxygen atoms in total. The summed E-state index contributed by atoms with van der Waals surface area (Å²) in [5.41, 5.74) is 12.7. The summed E-state index contributed by atoms with van der Waals surface area (Å²) in [7, 11) is 0. The van der Waals surface area contributed by atoms with Gasteiger partial charge < -0.3 is 11.5 Å². The molecular weight excluding hydrogens is 208 g/mol. The van der Waals surface area contributed by atoms with Crippen LogP contribution in [0.15, 0.2) is 0 Å². The van der Waals surface area contributed by atoms with Crippen molar-refractivity contribution < 1.29 is 0 Å². The Morgan fingerprint density at radius 3 is 2.24 bits per heavy atom. The largest absolute Gasteiger partial charge is 0.313 e. The van der Waals surface area contributed by atoms with Gasteiger partial charge >= 0.3 is 0 Å². The predicted octanol–water partition coefficient (Wildman–Crippen LogP) is 2.47. The monoisotopic (exact) mass is 234 g/mol. The van der Waals surface area contributed by atoms with Gasteiger partial charge in [-0.25, -0.2) is 0 Å². The van der Waals surface area contributed by atoms with E-state index >= 15 is 0 Å². The van der Waals surface area contributed by atoms with Gasteiger partial charge in [0.2, 0.25) is 0 Å². The van der Waals surface area contributed by atoms with E-state index in [4.69, 9.17) is 11.5 Å². The van der Waals surface area contributed by atoms with Gasteiger partial charge in [0.1, 0.15) is 0 Å². The van der Waals surface area contributed by atoms with Gasteiger partial charge in [-0.3, -0.25) is 0 Å². The highest BCUT2D eigenvalue weighted by Crippen LogP contribution is 2.82. The Bertz CT molecular complexity index is 337. The lowest BCUT2D eigenvalue weighted by Crippen LogP contribution is -2.62. The van der Waals surface area contributed by atoms with Crippen LogP contribution >= 0.6 is 0 Å². The zero-order chi connectivity index (χ0) is 11.8. The molecule has 1 spiro atoms. The SMILES string of the molecule is CC1C2CC(N)(N)CCC2C12C1CCCCC12. The highest BCUT2D eigenvalue weighted by Gasteiger charge is 2.78. The third-order valence-corrected chi connectivity index (χ3v) is 7.07. The van der Waals surface area contributed by atoms with Crippen LogP contribution in [0.3, 0.4) is 0 Å². The molecule has 0 bridgehead atoms. The number of rotatable bonds is 0. The van der Waals surface area contributed by atoms with Crippen molar-refractivity contribution in [3.63, 3.8) is 0 Å². The Hall–Kier alpha value is -0.0800. The van der Waals surface area contributed by atoms with Gasteiger partial charge in [-0.1, -0.05) is 19.8 Å². The van der Waals surface area contributed by atoms with Gasteiger partial charge in [0.15, 0.2) is 0 Å². The van der Waals surface area contributed by atoms with Crippen LogP contribution in [0.1, 0.15) is 51.9 Å². The van der Waals surface area contributed by atoms with Gasteiger partial charge in [-0.05, 0) is 67.1 Å². The first-order chi connectivity index (χ1) is 8.07. The third-order valence-electron chi connectivity index (χ3n) is 7.07. The average molecular weight is 234 g/mol. The maximum atomic E-state index is 6.16. The van der Waals surface area contributed by atoms with Gasteiger partial charge in [-0.15, -0.1) is 0 Å². The van der Waals surface area contributed by atoms with Crippen molar-refractivity contribution >= 4 is 0 Å². The van der Waals surface area contributed by atoms with E-state index in [-0.39, 0.29) is 5.66 Å². The van der Waals surface area contributed by atoms with Crippen LogP contribution in [0.4, 0.5) is 0 Å². The van der Waals surface area contributed by atoms with E-state index < -0.39 is 0 Å². The molecule has 0 aromatic heterocycles. The summed E-state index contributed by atoms with van der Waals surface area (Å²) in [5.74, 6) is 4.94. The lowest BCUT2D eigenvalue weighted by Gasteiger charge is -2.59. The van der Waals surface area contributed by atoms with Crippen molar-refractivity contribution in [2.75, 3.05) is 0 Å². The average Bonchev–Trinajstić information content (AvgIpc) is 2.99. The maximum absolute atomic E-state index is 6.16. The highest BCUT2D eigenvalue weighted by atomic mass is 15.0.